The summed E-state index contributed by atoms with van der Waals surface area (Å²) < 4.78 is 39.0. The van der Waals surface area contributed by atoms with Crippen LogP contribution in [-0.4, -0.2) is 31.1 Å². The van der Waals surface area contributed by atoms with E-state index in [1.165, 1.54) is 6.07 Å². The second-order valence-corrected chi connectivity index (χ2v) is 7.97. The molecule has 1 amide bonds. The molecule has 0 saturated carbocycles. The smallest absolute Gasteiger partial charge is 0.388 e. The van der Waals surface area contributed by atoms with E-state index in [9.17, 15) is 18.0 Å². The van der Waals surface area contributed by atoms with Crippen molar-refractivity contribution in [3.8, 4) is 0 Å². The molecule has 32 heavy (non-hydrogen) atoms. The number of hydrogen-bond acceptors (Lipinski definition) is 3. The number of hydrazine groups is 1. The molecule has 3 aromatic carbocycles. The van der Waals surface area contributed by atoms with Crippen LogP contribution in [0, 0.1) is 0 Å². The average molecular weight is 441 g/mol. The number of nitrogens with zero attached hydrogens (tertiary/aromatic N) is 2. The molecular formula is C25H26F3N3O. The van der Waals surface area contributed by atoms with Gasteiger partial charge in [0, 0.05) is 43.0 Å². The van der Waals surface area contributed by atoms with Crippen LogP contribution in [0.3, 0.4) is 0 Å². The van der Waals surface area contributed by atoms with Gasteiger partial charge >= 0.3 is 6.18 Å². The number of amides is 1. The van der Waals surface area contributed by atoms with Gasteiger partial charge in [-0.3, -0.25) is 14.8 Å². The van der Waals surface area contributed by atoms with E-state index in [4.69, 9.17) is 0 Å². The molecule has 4 rings (SSSR count). The maximum absolute atomic E-state index is 13.1. The highest BCUT2D eigenvalue weighted by Gasteiger charge is 2.30. The summed E-state index contributed by atoms with van der Waals surface area (Å²) in [4.78, 5) is 13.1. The van der Waals surface area contributed by atoms with Crippen molar-refractivity contribution in [2.75, 3.05) is 30.5 Å². The Hall–Kier alpha value is -3.22. The van der Waals surface area contributed by atoms with Crippen LogP contribution < -0.4 is 10.3 Å². The number of anilines is 2. The minimum Gasteiger partial charge on any atom is -0.388 e. The summed E-state index contributed by atoms with van der Waals surface area (Å²) in [6, 6.07) is 17.3. The lowest BCUT2D eigenvalue weighted by Gasteiger charge is -2.41. The Morgan fingerprint density at radius 3 is 2.47 bits per heavy atom. The third-order valence-corrected chi connectivity index (χ3v) is 5.90. The number of carbonyl (C=O) groups excluding carboxylic acids is 1. The summed E-state index contributed by atoms with van der Waals surface area (Å²) >= 11 is 0. The van der Waals surface area contributed by atoms with E-state index in [0.29, 0.717) is 12.1 Å². The summed E-state index contributed by atoms with van der Waals surface area (Å²) in [7, 11) is 1.88. The first kappa shape index (κ1) is 22.0. The molecule has 168 valence electrons. The van der Waals surface area contributed by atoms with Crippen LogP contribution in [0.5, 0.6) is 0 Å². The van der Waals surface area contributed by atoms with Crippen molar-refractivity contribution in [1.29, 1.82) is 0 Å². The highest BCUT2D eigenvalue weighted by atomic mass is 19.4. The zero-order valence-corrected chi connectivity index (χ0v) is 18.0. The topological polar surface area (TPSA) is 35.6 Å². The van der Waals surface area contributed by atoms with Gasteiger partial charge in [0.2, 0.25) is 5.91 Å². The Morgan fingerprint density at radius 1 is 0.969 bits per heavy atom. The molecule has 1 heterocycles. The number of fused-ring (bicyclic) bond motifs is 1. The maximum Gasteiger partial charge on any atom is 0.416 e. The van der Waals surface area contributed by atoms with E-state index in [1.807, 2.05) is 42.4 Å². The number of aryl methyl sites for hydroxylation is 1. The maximum atomic E-state index is 13.1. The van der Waals surface area contributed by atoms with Crippen molar-refractivity contribution < 1.29 is 18.0 Å². The van der Waals surface area contributed by atoms with E-state index in [1.54, 1.807) is 11.1 Å². The van der Waals surface area contributed by atoms with Crippen LogP contribution in [0.2, 0.25) is 0 Å². The molecule has 0 aromatic heterocycles. The molecule has 0 radical (unpaired) electrons. The Bertz CT molecular complexity index is 1110. The highest BCUT2D eigenvalue weighted by Crippen LogP contribution is 2.34. The normalized spacial score (nSPS) is 14.6. The van der Waals surface area contributed by atoms with E-state index >= 15 is 0 Å². The third-order valence-electron chi connectivity index (χ3n) is 5.90. The standard InChI is InChI=1S/C25H26F3N3O/c1-29-22-12-13-23(21-10-3-2-9-20(21)22)30-15-4-5-16-31(30)24(32)14-11-18-7-6-8-19(17-18)25(26,27)28/h2-3,6-10,12-13,17,29H,4-5,11,14-16H2,1H3. The quantitative estimate of drug-likeness (QED) is 0.537. The first-order valence-electron chi connectivity index (χ1n) is 10.8. The highest BCUT2D eigenvalue weighted by molar-refractivity contribution is 6.02. The van der Waals surface area contributed by atoms with Gasteiger partial charge in [-0.15, -0.1) is 0 Å². The third kappa shape index (κ3) is 4.52. The predicted octanol–water partition coefficient (Wildman–Crippen LogP) is 5.88. The molecule has 4 nitrogen and oxygen atoms in total. The number of rotatable bonds is 5. The molecule has 0 aliphatic carbocycles. The van der Waals surface area contributed by atoms with Crippen molar-refractivity contribution in [2.24, 2.45) is 0 Å². The van der Waals surface area contributed by atoms with Crippen molar-refractivity contribution in [1.82, 2.24) is 5.01 Å². The minimum absolute atomic E-state index is 0.0797. The molecule has 1 fully saturated rings. The van der Waals surface area contributed by atoms with E-state index in [2.05, 4.69) is 11.4 Å². The zero-order valence-electron chi connectivity index (χ0n) is 18.0. The molecule has 0 bridgehead atoms. The van der Waals surface area contributed by atoms with Crippen LogP contribution in [0.4, 0.5) is 24.5 Å². The summed E-state index contributed by atoms with van der Waals surface area (Å²) in [5, 5.41) is 9.13. The molecule has 3 aromatic rings. The number of benzene rings is 3. The average Bonchev–Trinajstić information content (AvgIpc) is 2.81. The SMILES string of the molecule is CNc1ccc(N2CCCCN2C(=O)CCc2cccc(C(F)(F)F)c2)c2ccccc12. The fraction of sp³-hybridized carbons (Fsp3) is 0.320. The van der Waals surface area contributed by atoms with Crippen LogP contribution >= 0.6 is 0 Å². The van der Waals surface area contributed by atoms with Gasteiger partial charge in [-0.2, -0.15) is 13.2 Å². The van der Waals surface area contributed by atoms with Gasteiger partial charge in [0.1, 0.15) is 0 Å². The van der Waals surface area contributed by atoms with Gasteiger partial charge in [0.05, 0.1) is 11.3 Å². The molecule has 0 atom stereocenters. The fourth-order valence-electron chi connectivity index (χ4n) is 4.28. The molecule has 1 N–H and O–H groups in total. The van der Waals surface area contributed by atoms with Gasteiger partial charge in [-0.1, -0.05) is 42.5 Å². The van der Waals surface area contributed by atoms with Gasteiger partial charge in [0.15, 0.2) is 0 Å². The van der Waals surface area contributed by atoms with Gasteiger partial charge < -0.3 is 5.32 Å². The Labute approximate surface area is 185 Å². The van der Waals surface area contributed by atoms with Crippen LogP contribution in [0.1, 0.15) is 30.4 Å². The Morgan fingerprint density at radius 2 is 1.72 bits per heavy atom. The molecule has 7 heteroatoms. The van der Waals surface area contributed by atoms with Crippen molar-refractivity contribution in [2.45, 2.75) is 31.9 Å². The van der Waals surface area contributed by atoms with Crippen LogP contribution in [0.15, 0.2) is 60.7 Å². The Balaban J connectivity index is 1.56. The number of carbonyl (C=O) groups is 1. The van der Waals surface area contributed by atoms with Crippen LogP contribution in [0.25, 0.3) is 10.8 Å². The summed E-state index contributed by atoms with van der Waals surface area (Å²) in [6.07, 6.45) is -2.08. The zero-order chi connectivity index (χ0) is 22.7. The van der Waals surface area contributed by atoms with Gasteiger partial charge in [-0.25, -0.2) is 0 Å². The first-order valence-corrected chi connectivity index (χ1v) is 10.8. The molecular weight excluding hydrogens is 415 g/mol. The molecule has 1 saturated heterocycles. The summed E-state index contributed by atoms with van der Waals surface area (Å²) in [5.74, 6) is -0.0797. The minimum atomic E-state index is -4.38. The largest absolute Gasteiger partial charge is 0.416 e. The first-order chi connectivity index (χ1) is 15.4. The van der Waals surface area contributed by atoms with Crippen LogP contribution in [-0.2, 0) is 17.4 Å². The summed E-state index contributed by atoms with van der Waals surface area (Å²) in [5.41, 5.74) is 1.81. The molecule has 1 aliphatic rings. The van der Waals surface area contributed by atoms with E-state index in [0.717, 1.165) is 53.7 Å². The van der Waals surface area contributed by atoms with Gasteiger partial charge in [-0.05, 0) is 43.0 Å². The van der Waals surface area contributed by atoms with Crippen molar-refractivity contribution >= 4 is 28.1 Å². The second kappa shape index (κ2) is 9.10. The number of alkyl halides is 3. The van der Waals surface area contributed by atoms with Gasteiger partial charge in [0.25, 0.3) is 0 Å². The lowest BCUT2D eigenvalue weighted by molar-refractivity contribution is -0.137. The fourth-order valence-corrected chi connectivity index (χ4v) is 4.28. The lowest BCUT2D eigenvalue weighted by atomic mass is 10.0. The second-order valence-electron chi connectivity index (χ2n) is 7.97. The predicted molar refractivity (Wildman–Crippen MR) is 122 cm³/mol. The molecule has 0 unspecified atom stereocenters. The van der Waals surface area contributed by atoms with E-state index < -0.39 is 11.7 Å². The van der Waals surface area contributed by atoms with E-state index in [-0.39, 0.29) is 18.7 Å². The molecule has 1 aliphatic heterocycles. The number of halogens is 3. The number of hydrogen-bond donors (Lipinski definition) is 1. The molecule has 0 spiro atoms. The summed E-state index contributed by atoms with van der Waals surface area (Å²) in [6.45, 7) is 1.32. The Kier molecular flexibility index (Phi) is 6.26. The lowest BCUT2D eigenvalue weighted by Crippen LogP contribution is -2.50. The monoisotopic (exact) mass is 441 g/mol. The van der Waals surface area contributed by atoms with Crippen molar-refractivity contribution in [3.63, 3.8) is 0 Å². The van der Waals surface area contributed by atoms with Crippen molar-refractivity contribution in [3.05, 3.63) is 71.8 Å². The number of nitrogens with one attached hydrogen (secondary N) is 1.